The molecule has 0 aromatic carbocycles. The molecular weight excluding hydrogens is 232 g/mol. The molecule has 1 aromatic heterocycles. The van der Waals surface area contributed by atoms with Crippen molar-refractivity contribution in [1.29, 1.82) is 0 Å². The lowest BCUT2D eigenvalue weighted by Gasteiger charge is -2.32. The average Bonchev–Trinajstić information content (AvgIpc) is 2.83. The highest BCUT2D eigenvalue weighted by molar-refractivity contribution is 7.10. The first kappa shape index (κ1) is 12.6. The Bertz CT molecular complexity index is 369. The van der Waals surface area contributed by atoms with Gasteiger partial charge in [-0.05, 0) is 31.2 Å². The quantitative estimate of drug-likeness (QED) is 0.868. The zero-order chi connectivity index (χ0) is 12.3. The van der Waals surface area contributed by atoms with Crippen molar-refractivity contribution in [1.82, 2.24) is 5.32 Å². The molecule has 1 aromatic rings. The summed E-state index contributed by atoms with van der Waals surface area (Å²) in [6, 6.07) is 4.10. The van der Waals surface area contributed by atoms with E-state index in [9.17, 15) is 4.79 Å². The first-order valence-electron chi connectivity index (χ1n) is 6.25. The van der Waals surface area contributed by atoms with Gasteiger partial charge in [-0.15, -0.1) is 11.3 Å². The third kappa shape index (κ3) is 2.87. The molecule has 0 bridgehead atoms. The number of rotatable bonds is 3. The number of carbonyl (C=O) groups is 1. The van der Waals surface area contributed by atoms with Gasteiger partial charge in [0.15, 0.2) is 0 Å². The van der Waals surface area contributed by atoms with Gasteiger partial charge in [-0.2, -0.15) is 0 Å². The Balaban J connectivity index is 1.96. The fourth-order valence-electron chi connectivity index (χ4n) is 2.36. The molecule has 0 radical (unpaired) electrons. The molecule has 0 saturated heterocycles. The van der Waals surface area contributed by atoms with Crippen molar-refractivity contribution in [3.8, 4) is 0 Å². The minimum atomic E-state index is -0.635. The summed E-state index contributed by atoms with van der Waals surface area (Å²) < 4.78 is 0. The van der Waals surface area contributed by atoms with Gasteiger partial charge in [0.1, 0.15) is 0 Å². The van der Waals surface area contributed by atoms with Crippen molar-refractivity contribution < 1.29 is 4.79 Å². The van der Waals surface area contributed by atoms with Crippen LogP contribution in [0.25, 0.3) is 0 Å². The van der Waals surface area contributed by atoms with Crippen LogP contribution in [-0.4, -0.2) is 11.4 Å². The van der Waals surface area contributed by atoms with Crippen LogP contribution in [0.4, 0.5) is 0 Å². The van der Waals surface area contributed by atoms with Crippen LogP contribution in [-0.2, 0) is 4.79 Å². The van der Waals surface area contributed by atoms with Crippen molar-refractivity contribution >= 4 is 17.2 Å². The molecule has 1 atom stereocenters. The SMILES string of the molecule is C[C@H](NC(=O)C1(N)CCCCC1)c1cccs1. The molecule has 1 amide bonds. The van der Waals surface area contributed by atoms with Crippen molar-refractivity contribution in [2.75, 3.05) is 0 Å². The fraction of sp³-hybridized carbons (Fsp3) is 0.615. The Morgan fingerprint density at radius 2 is 2.18 bits per heavy atom. The number of hydrogen-bond acceptors (Lipinski definition) is 3. The molecule has 3 N–H and O–H groups in total. The van der Waals surface area contributed by atoms with Gasteiger partial charge in [0.05, 0.1) is 11.6 Å². The number of nitrogens with two attached hydrogens (primary N) is 1. The molecule has 1 aliphatic carbocycles. The number of nitrogens with one attached hydrogen (secondary N) is 1. The van der Waals surface area contributed by atoms with E-state index in [1.54, 1.807) is 11.3 Å². The molecule has 1 fully saturated rings. The molecule has 0 spiro atoms. The molecule has 17 heavy (non-hydrogen) atoms. The Morgan fingerprint density at radius 1 is 1.47 bits per heavy atom. The number of amides is 1. The highest BCUT2D eigenvalue weighted by Gasteiger charge is 2.35. The van der Waals surface area contributed by atoms with Gasteiger partial charge in [0, 0.05) is 4.88 Å². The Kier molecular flexibility index (Phi) is 3.84. The van der Waals surface area contributed by atoms with E-state index in [0.29, 0.717) is 0 Å². The molecule has 2 rings (SSSR count). The van der Waals surface area contributed by atoms with Crippen LogP contribution in [0.2, 0.25) is 0 Å². The van der Waals surface area contributed by atoms with Crippen LogP contribution < -0.4 is 11.1 Å². The summed E-state index contributed by atoms with van der Waals surface area (Å²) in [5.74, 6) is 0.0121. The molecule has 1 aliphatic rings. The van der Waals surface area contributed by atoms with E-state index in [1.807, 2.05) is 24.4 Å². The molecule has 1 saturated carbocycles. The molecule has 1 heterocycles. The van der Waals surface area contributed by atoms with Crippen LogP contribution in [0, 0.1) is 0 Å². The summed E-state index contributed by atoms with van der Waals surface area (Å²) >= 11 is 1.66. The Hall–Kier alpha value is -0.870. The lowest BCUT2D eigenvalue weighted by Crippen LogP contribution is -2.55. The fourth-order valence-corrected chi connectivity index (χ4v) is 3.09. The third-order valence-electron chi connectivity index (χ3n) is 3.52. The van der Waals surface area contributed by atoms with Crippen LogP contribution in [0.15, 0.2) is 17.5 Å². The van der Waals surface area contributed by atoms with Crippen LogP contribution in [0.5, 0.6) is 0 Å². The second kappa shape index (κ2) is 5.19. The molecule has 0 unspecified atom stereocenters. The van der Waals surface area contributed by atoms with Crippen molar-refractivity contribution in [3.05, 3.63) is 22.4 Å². The van der Waals surface area contributed by atoms with Gasteiger partial charge < -0.3 is 11.1 Å². The number of hydrogen-bond donors (Lipinski definition) is 2. The molecule has 0 aliphatic heterocycles. The van der Waals surface area contributed by atoms with Gasteiger partial charge in [-0.1, -0.05) is 25.3 Å². The summed E-state index contributed by atoms with van der Waals surface area (Å²) in [4.78, 5) is 13.4. The summed E-state index contributed by atoms with van der Waals surface area (Å²) in [6.07, 6.45) is 4.97. The highest BCUT2D eigenvalue weighted by Crippen LogP contribution is 2.27. The van der Waals surface area contributed by atoms with Gasteiger partial charge >= 0.3 is 0 Å². The monoisotopic (exact) mass is 252 g/mol. The van der Waals surface area contributed by atoms with Crippen molar-refractivity contribution in [3.63, 3.8) is 0 Å². The molecule has 3 nitrogen and oxygen atoms in total. The Labute approximate surface area is 106 Å². The van der Waals surface area contributed by atoms with E-state index < -0.39 is 5.54 Å². The van der Waals surface area contributed by atoms with E-state index >= 15 is 0 Å². The third-order valence-corrected chi connectivity index (χ3v) is 4.57. The number of carbonyl (C=O) groups excluding carboxylic acids is 1. The summed E-state index contributed by atoms with van der Waals surface area (Å²) in [5, 5.41) is 5.06. The predicted octanol–water partition coefficient (Wildman–Crippen LogP) is 2.59. The summed E-state index contributed by atoms with van der Waals surface area (Å²) in [5.41, 5.74) is 5.56. The van der Waals surface area contributed by atoms with Gasteiger partial charge in [0.2, 0.25) is 5.91 Å². The van der Waals surface area contributed by atoms with E-state index in [1.165, 1.54) is 11.3 Å². The van der Waals surface area contributed by atoms with Crippen LogP contribution in [0.1, 0.15) is 49.9 Å². The maximum absolute atomic E-state index is 12.2. The average molecular weight is 252 g/mol. The van der Waals surface area contributed by atoms with Crippen LogP contribution >= 0.6 is 11.3 Å². The Morgan fingerprint density at radius 3 is 2.76 bits per heavy atom. The van der Waals surface area contributed by atoms with Crippen molar-refractivity contribution in [2.45, 2.75) is 50.6 Å². The predicted molar refractivity (Wildman–Crippen MR) is 70.9 cm³/mol. The maximum Gasteiger partial charge on any atom is 0.240 e. The van der Waals surface area contributed by atoms with Crippen LogP contribution in [0.3, 0.4) is 0 Å². The topological polar surface area (TPSA) is 55.1 Å². The largest absolute Gasteiger partial charge is 0.347 e. The highest BCUT2D eigenvalue weighted by atomic mass is 32.1. The molecular formula is C13H20N2OS. The lowest BCUT2D eigenvalue weighted by atomic mass is 9.82. The van der Waals surface area contributed by atoms with Crippen molar-refractivity contribution in [2.24, 2.45) is 5.73 Å². The van der Waals surface area contributed by atoms with Gasteiger partial charge in [-0.25, -0.2) is 0 Å². The lowest BCUT2D eigenvalue weighted by molar-refractivity contribution is -0.128. The first-order valence-corrected chi connectivity index (χ1v) is 7.13. The zero-order valence-corrected chi connectivity index (χ0v) is 11.1. The van der Waals surface area contributed by atoms with E-state index in [4.69, 9.17) is 5.73 Å². The minimum absolute atomic E-state index is 0.0121. The second-order valence-corrected chi connectivity index (χ2v) is 5.91. The second-order valence-electron chi connectivity index (χ2n) is 4.93. The maximum atomic E-state index is 12.2. The normalized spacial score (nSPS) is 20.8. The van der Waals surface area contributed by atoms with E-state index in [-0.39, 0.29) is 11.9 Å². The molecule has 94 valence electrons. The van der Waals surface area contributed by atoms with E-state index in [2.05, 4.69) is 5.32 Å². The summed E-state index contributed by atoms with van der Waals surface area (Å²) in [7, 11) is 0. The smallest absolute Gasteiger partial charge is 0.240 e. The minimum Gasteiger partial charge on any atom is -0.347 e. The zero-order valence-electron chi connectivity index (χ0n) is 10.2. The summed E-state index contributed by atoms with van der Waals surface area (Å²) in [6.45, 7) is 2.01. The first-order chi connectivity index (χ1) is 8.12. The van der Waals surface area contributed by atoms with Gasteiger partial charge in [-0.3, -0.25) is 4.79 Å². The standard InChI is InChI=1S/C13H20N2OS/c1-10(11-6-5-9-17-11)15-12(16)13(14)7-3-2-4-8-13/h5-6,9-10H,2-4,7-8,14H2,1H3,(H,15,16)/t10-/m0/s1. The number of thiophene rings is 1. The molecule has 4 heteroatoms. The van der Waals surface area contributed by atoms with Gasteiger partial charge in [0.25, 0.3) is 0 Å². The van der Waals surface area contributed by atoms with E-state index in [0.717, 1.165) is 25.7 Å².